The molecule has 8 nitrogen and oxygen atoms in total. The van der Waals surface area contributed by atoms with Crippen molar-refractivity contribution in [3.05, 3.63) is 49.7 Å². The quantitative estimate of drug-likeness (QED) is 0.605. The Bertz CT molecular complexity index is 933. The summed E-state index contributed by atoms with van der Waals surface area (Å²) in [6.07, 6.45) is 0.723. The fourth-order valence-corrected chi connectivity index (χ4v) is 4.40. The molecule has 0 saturated heterocycles. The maximum atomic E-state index is 12.4. The van der Waals surface area contributed by atoms with E-state index in [-0.39, 0.29) is 10.6 Å². The van der Waals surface area contributed by atoms with E-state index in [4.69, 9.17) is 4.74 Å². The van der Waals surface area contributed by atoms with Crippen LogP contribution in [0.15, 0.2) is 29.2 Å². The lowest BCUT2D eigenvalue weighted by molar-refractivity contribution is -0.387. The van der Waals surface area contributed by atoms with Gasteiger partial charge in [0, 0.05) is 4.88 Å². The van der Waals surface area contributed by atoms with Gasteiger partial charge in [-0.3, -0.25) is 14.9 Å². The van der Waals surface area contributed by atoms with Crippen molar-refractivity contribution in [2.75, 3.05) is 7.11 Å². The summed E-state index contributed by atoms with van der Waals surface area (Å²) >= 11 is 1.19. The number of carbonyl (C=O) groups is 1. The molecule has 0 radical (unpaired) electrons. The number of thiophene rings is 1. The van der Waals surface area contributed by atoms with E-state index in [1.54, 1.807) is 6.07 Å². The number of ether oxygens (including phenoxy) is 1. The van der Waals surface area contributed by atoms with Crippen LogP contribution in [-0.4, -0.2) is 26.4 Å². The van der Waals surface area contributed by atoms with Crippen LogP contribution < -0.4 is 9.46 Å². The van der Waals surface area contributed by atoms with Gasteiger partial charge in [0.15, 0.2) is 4.90 Å². The lowest BCUT2D eigenvalue weighted by Gasteiger charge is -2.08. The van der Waals surface area contributed by atoms with Crippen LogP contribution >= 0.6 is 11.3 Å². The number of nitro benzene ring substituents is 1. The third-order valence-corrected chi connectivity index (χ3v) is 6.20. The number of nitro groups is 1. The molecule has 0 fully saturated rings. The number of methoxy groups -OCH3 is 1. The van der Waals surface area contributed by atoms with Crippen LogP contribution in [0.5, 0.6) is 5.75 Å². The van der Waals surface area contributed by atoms with Crippen LogP contribution in [-0.2, 0) is 16.4 Å². The van der Waals surface area contributed by atoms with Crippen molar-refractivity contribution in [3.8, 4) is 5.75 Å². The second-order valence-corrected chi connectivity index (χ2v) is 7.88. The fourth-order valence-electron chi connectivity index (χ4n) is 2.20. The Kier molecular flexibility index (Phi) is 5.43. The first kappa shape index (κ1) is 18.9. The topological polar surface area (TPSA) is 116 Å². The van der Waals surface area contributed by atoms with Crippen LogP contribution in [0.1, 0.15) is 27.0 Å². The Balaban J connectivity index is 2.38. The Morgan fingerprint density at radius 3 is 2.56 bits per heavy atom. The Hall–Kier alpha value is -2.46. The standard InChI is InChI=1S/C15H16N2O6S2/c1-4-12-9(2)7-13(24-12)15(18)16-25(21,22)14-6-5-10(23-3)8-11(14)17(19)20/h5-8H,4H2,1-3H3,(H,16,18). The predicted octanol–water partition coefficient (Wildman–Crippen LogP) is 2.65. The number of nitrogens with one attached hydrogen (secondary N) is 1. The predicted molar refractivity (Wildman–Crippen MR) is 92.7 cm³/mol. The molecule has 2 aromatic rings. The molecule has 1 aromatic heterocycles. The van der Waals surface area contributed by atoms with Gasteiger partial charge in [-0.25, -0.2) is 13.1 Å². The number of hydrogen-bond acceptors (Lipinski definition) is 7. The Labute approximate surface area is 148 Å². The first-order valence-corrected chi connectivity index (χ1v) is 9.48. The van der Waals surface area contributed by atoms with Crippen molar-refractivity contribution in [3.63, 3.8) is 0 Å². The van der Waals surface area contributed by atoms with Gasteiger partial charge in [-0.1, -0.05) is 6.92 Å². The van der Waals surface area contributed by atoms with E-state index in [0.29, 0.717) is 0 Å². The molecule has 0 saturated carbocycles. The molecular weight excluding hydrogens is 368 g/mol. The van der Waals surface area contributed by atoms with Crippen LogP contribution in [0.25, 0.3) is 0 Å². The third-order valence-electron chi connectivity index (χ3n) is 3.44. The maximum Gasteiger partial charge on any atom is 0.293 e. The summed E-state index contributed by atoms with van der Waals surface area (Å²) in [6.45, 7) is 3.76. The van der Waals surface area contributed by atoms with E-state index >= 15 is 0 Å². The molecule has 0 aliphatic carbocycles. The molecule has 0 aliphatic rings. The Morgan fingerprint density at radius 1 is 1.36 bits per heavy atom. The number of rotatable bonds is 6. The van der Waals surface area contributed by atoms with E-state index in [0.717, 1.165) is 29.0 Å². The molecule has 134 valence electrons. The van der Waals surface area contributed by atoms with Gasteiger partial charge in [0.25, 0.3) is 21.6 Å². The molecule has 0 unspecified atom stereocenters. The normalized spacial score (nSPS) is 11.2. The van der Waals surface area contributed by atoms with Gasteiger partial charge < -0.3 is 4.74 Å². The summed E-state index contributed by atoms with van der Waals surface area (Å²) in [5.41, 5.74) is 0.224. The van der Waals surface area contributed by atoms with Gasteiger partial charge in [-0.15, -0.1) is 11.3 Å². The number of amides is 1. The van der Waals surface area contributed by atoms with Gasteiger partial charge in [0.2, 0.25) is 0 Å². The zero-order valence-corrected chi connectivity index (χ0v) is 15.4. The molecular formula is C15H16N2O6S2. The largest absolute Gasteiger partial charge is 0.497 e. The molecule has 0 bridgehead atoms. The molecule has 0 aliphatic heterocycles. The zero-order valence-electron chi connectivity index (χ0n) is 13.7. The molecule has 1 heterocycles. The highest BCUT2D eigenvalue weighted by molar-refractivity contribution is 7.90. The van der Waals surface area contributed by atoms with Gasteiger partial charge >= 0.3 is 0 Å². The minimum atomic E-state index is -4.41. The van der Waals surface area contributed by atoms with Gasteiger partial charge in [-0.05, 0) is 37.1 Å². The lowest BCUT2D eigenvalue weighted by atomic mass is 10.2. The molecule has 0 atom stereocenters. The van der Waals surface area contributed by atoms with Crippen molar-refractivity contribution in [2.45, 2.75) is 25.2 Å². The minimum absolute atomic E-state index is 0.137. The van der Waals surface area contributed by atoms with Gasteiger partial charge in [0.05, 0.1) is 23.0 Å². The summed E-state index contributed by atoms with van der Waals surface area (Å²) < 4.78 is 31.6. The average molecular weight is 384 g/mol. The number of hydrogen-bond donors (Lipinski definition) is 1. The summed E-state index contributed by atoms with van der Waals surface area (Å²) in [5.74, 6) is -0.684. The molecule has 1 aromatic carbocycles. The molecule has 1 amide bonds. The second-order valence-electron chi connectivity index (χ2n) is 5.10. The van der Waals surface area contributed by atoms with Crippen molar-refractivity contribution >= 4 is 33.0 Å². The number of benzene rings is 1. The van der Waals surface area contributed by atoms with Crippen LogP contribution in [0.2, 0.25) is 0 Å². The summed E-state index contributed by atoms with van der Waals surface area (Å²) in [6, 6.07) is 4.89. The van der Waals surface area contributed by atoms with E-state index in [1.165, 1.54) is 24.5 Å². The number of sulfonamides is 1. The molecule has 1 N–H and O–H groups in total. The number of carbonyl (C=O) groups excluding carboxylic acids is 1. The number of aryl methyl sites for hydroxylation is 2. The van der Waals surface area contributed by atoms with Crippen LogP contribution in [0, 0.1) is 17.0 Å². The third kappa shape index (κ3) is 3.97. The highest BCUT2D eigenvalue weighted by Gasteiger charge is 2.29. The van der Waals surface area contributed by atoms with Crippen LogP contribution in [0.4, 0.5) is 5.69 Å². The average Bonchev–Trinajstić information content (AvgIpc) is 2.94. The van der Waals surface area contributed by atoms with Crippen molar-refractivity contribution in [1.82, 2.24) is 4.72 Å². The highest BCUT2D eigenvalue weighted by Crippen LogP contribution is 2.29. The minimum Gasteiger partial charge on any atom is -0.497 e. The highest BCUT2D eigenvalue weighted by atomic mass is 32.2. The number of nitrogens with zero attached hydrogens (tertiary/aromatic N) is 1. The summed E-state index contributed by atoms with van der Waals surface area (Å²) in [5, 5.41) is 11.2. The Morgan fingerprint density at radius 2 is 2.04 bits per heavy atom. The van der Waals surface area contributed by atoms with Crippen molar-refractivity contribution in [1.29, 1.82) is 0 Å². The molecule has 25 heavy (non-hydrogen) atoms. The fraction of sp³-hybridized carbons (Fsp3) is 0.267. The van der Waals surface area contributed by atoms with Gasteiger partial charge in [0.1, 0.15) is 5.75 Å². The molecule has 2 rings (SSSR count). The van der Waals surface area contributed by atoms with E-state index < -0.39 is 31.4 Å². The van der Waals surface area contributed by atoms with E-state index in [9.17, 15) is 23.3 Å². The van der Waals surface area contributed by atoms with Crippen LogP contribution in [0.3, 0.4) is 0 Å². The second kappa shape index (κ2) is 7.19. The van der Waals surface area contributed by atoms with Gasteiger partial charge in [-0.2, -0.15) is 0 Å². The lowest BCUT2D eigenvalue weighted by Crippen LogP contribution is -2.30. The monoisotopic (exact) mass is 384 g/mol. The SMILES string of the molecule is CCc1sc(C(=O)NS(=O)(=O)c2ccc(OC)cc2[N+](=O)[O-])cc1C. The molecule has 0 spiro atoms. The smallest absolute Gasteiger partial charge is 0.293 e. The van der Waals surface area contributed by atoms with E-state index in [1.807, 2.05) is 18.6 Å². The summed E-state index contributed by atoms with van der Waals surface area (Å²) in [4.78, 5) is 23.2. The molecule has 10 heteroatoms. The van der Waals surface area contributed by atoms with Crippen molar-refractivity contribution in [2.24, 2.45) is 0 Å². The first-order chi connectivity index (χ1) is 11.7. The first-order valence-electron chi connectivity index (χ1n) is 7.18. The maximum absolute atomic E-state index is 12.4. The zero-order chi connectivity index (χ0) is 18.8. The van der Waals surface area contributed by atoms with Crippen molar-refractivity contribution < 1.29 is 22.9 Å². The summed E-state index contributed by atoms with van der Waals surface area (Å²) in [7, 11) is -3.10. The van der Waals surface area contributed by atoms with E-state index in [2.05, 4.69) is 0 Å².